The summed E-state index contributed by atoms with van der Waals surface area (Å²) in [6, 6.07) is 9.57. The van der Waals surface area contributed by atoms with Crippen molar-refractivity contribution in [1.82, 2.24) is 4.98 Å². The van der Waals surface area contributed by atoms with Gasteiger partial charge in [0, 0.05) is 11.1 Å². The van der Waals surface area contributed by atoms with Crippen LogP contribution in [0.15, 0.2) is 35.7 Å². The average Bonchev–Trinajstić information content (AvgIpc) is 2.65. The first-order chi connectivity index (χ1) is 6.77. The summed E-state index contributed by atoms with van der Waals surface area (Å²) in [5.41, 5.74) is 1.85. The van der Waals surface area contributed by atoms with Gasteiger partial charge < -0.3 is 5.11 Å². The van der Waals surface area contributed by atoms with Gasteiger partial charge in [0.05, 0.1) is 0 Å². The summed E-state index contributed by atoms with van der Waals surface area (Å²) in [7, 11) is 0. The zero-order valence-electron chi connectivity index (χ0n) is 7.84. The van der Waals surface area contributed by atoms with Crippen molar-refractivity contribution in [3.05, 3.63) is 52.0 Å². The van der Waals surface area contributed by atoms with E-state index < -0.39 is 6.10 Å². The first-order valence-electron chi connectivity index (χ1n) is 4.42. The van der Waals surface area contributed by atoms with Gasteiger partial charge in [-0.1, -0.05) is 30.3 Å². The van der Waals surface area contributed by atoms with E-state index in [1.807, 2.05) is 42.6 Å². The van der Waals surface area contributed by atoms with Crippen LogP contribution in [0.25, 0.3) is 0 Å². The number of thiazole rings is 1. The minimum Gasteiger partial charge on any atom is -0.381 e. The number of aryl methyl sites for hydroxylation is 1. The van der Waals surface area contributed by atoms with Gasteiger partial charge in [0.2, 0.25) is 0 Å². The third-order valence-corrected chi connectivity index (χ3v) is 3.00. The monoisotopic (exact) mass is 205 g/mol. The number of rotatable bonds is 2. The predicted molar refractivity (Wildman–Crippen MR) is 57.4 cm³/mol. The Kier molecular flexibility index (Phi) is 2.61. The Morgan fingerprint density at radius 1 is 1.29 bits per heavy atom. The lowest BCUT2D eigenvalue weighted by atomic mass is 10.1. The molecule has 0 bridgehead atoms. The van der Waals surface area contributed by atoms with Crippen molar-refractivity contribution in [2.24, 2.45) is 0 Å². The molecule has 0 aliphatic carbocycles. The quantitative estimate of drug-likeness (QED) is 0.817. The molecule has 2 nitrogen and oxygen atoms in total. The molecule has 3 heteroatoms. The lowest BCUT2D eigenvalue weighted by molar-refractivity contribution is 0.219. The van der Waals surface area contributed by atoms with Crippen LogP contribution >= 0.6 is 11.3 Å². The normalized spacial score (nSPS) is 12.7. The van der Waals surface area contributed by atoms with E-state index in [-0.39, 0.29) is 0 Å². The molecule has 1 N–H and O–H groups in total. The van der Waals surface area contributed by atoms with Gasteiger partial charge in [0.1, 0.15) is 11.1 Å². The molecule has 1 aromatic carbocycles. The smallest absolute Gasteiger partial charge is 0.131 e. The maximum Gasteiger partial charge on any atom is 0.131 e. The number of hydrogen-bond donors (Lipinski definition) is 1. The fraction of sp³-hybridized carbons (Fsp3) is 0.182. The van der Waals surface area contributed by atoms with Crippen LogP contribution in [0, 0.1) is 6.92 Å². The highest BCUT2D eigenvalue weighted by Crippen LogP contribution is 2.24. The highest BCUT2D eigenvalue weighted by Gasteiger charge is 2.12. The largest absolute Gasteiger partial charge is 0.381 e. The molecular formula is C11H11NOS. The third kappa shape index (κ3) is 1.84. The van der Waals surface area contributed by atoms with Crippen molar-refractivity contribution in [3.63, 3.8) is 0 Å². The Balaban J connectivity index is 2.29. The molecule has 0 spiro atoms. The van der Waals surface area contributed by atoms with Crippen molar-refractivity contribution in [1.29, 1.82) is 0 Å². The lowest BCUT2D eigenvalue weighted by Crippen LogP contribution is -1.98. The second-order valence-corrected chi connectivity index (χ2v) is 4.03. The maximum atomic E-state index is 9.95. The van der Waals surface area contributed by atoms with E-state index in [0.717, 1.165) is 16.3 Å². The van der Waals surface area contributed by atoms with Crippen LogP contribution in [-0.4, -0.2) is 10.1 Å². The third-order valence-electron chi connectivity index (χ3n) is 1.99. The Hall–Kier alpha value is -1.19. The Bertz CT molecular complexity index is 410. The molecule has 0 fully saturated rings. The zero-order valence-corrected chi connectivity index (χ0v) is 8.66. The minimum absolute atomic E-state index is 0.588. The van der Waals surface area contributed by atoms with Crippen molar-refractivity contribution in [2.45, 2.75) is 13.0 Å². The van der Waals surface area contributed by atoms with Gasteiger partial charge in [0.25, 0.3) is 0 Å². The summed E-state index contributed by atoms with van der Waals surface area (Å²) in [5.74, 6) is 0. The summed E-state index contributed by atoms with van der Waals surface area (Å²) in [6.07, 6.45) is -0.588. The first kappa shape index (κ1) is 9.37. The summed E-state index contributed by atoms with van der Waals surface area (Å²) in [6.45, 7) is 1.93. The van der Waals surface area contributed by atoms with Crippen LogP contribution in [0.2, 0.25) is 0 Å². The minimum atomic E-state index is -0.588. The number of benzene rings is 1. The molecule has 2 aromatic rings. The number of hydrogen-bond acceptors (Lipinski definition) is 3. The van der Waals surface area contributed by atoms with Gasteiger partial charge in [-0.3, -0.25) is 0 Å². The van der Waals surface area contributed by atoms with Crippen molar-refractivity contribution in [2.75, 3.05) is 0 Å². The van der Waals surface area contributed by atoms with Crippen LogP contribution < -0.4 is 0 Å². The van der Waals surface area contributed by atoms with E-state index >= 15 is 0 Å². The van der Waals surface area contributed by atoms with Crippen LogP contribution in [0.5, 0.6) is 0 Å². The Labute approximate surface area is 86.9 Å². The van der Waals surface area contributed by atoms with Gasteiger partial charge in [-0.15, -0.1) is 11.3 Å². The van der Waals surface area contributed by atoms with Gasteiger partial charge >= 0.3 is 0 Å². The van der Waals surface area contributed by atoms with E-state index in [9.17, 15) is 5.11 Å². The van der Waals surface area contributed by atoms with Crippen LogP contribution in [-0.2, 0) is 0 Å². The summed E-state index contributed by atoms with van der Waals surface area (Å²) < 4.78 is 0. The summed E-state index contributed by atoms with van der Waals surface area (Å²) in [5, 5.41) is 12.7. The number of aliphatic hydroxyl groups excluding tert-OH is 1. The van der Waals surface area contributed by atoms with Crippen LogP contribution in [0.3, 0.4) is 0 Å². The molecule has 0 aliphatic rings. The number of nitrogens with zero attached hydrogens (tertiary/aromatic N) is 1. The molecular weight excluding hydrogens is 194 g/mol. The molecule has 72 valence electrons. The second-order valence-electron chi connectivity index (χ2n) is 3.14. The van der Waals surface area contributed by atoms with Crippen molar-refractivity contribution >= 4 is 11.3 Å². The highest BCUT2D eigenvalue weighted by atomic mass is 32.1. The molecule has 14 heavy (non-hydrogen) atoms. The fourth-order valence-electron chi connectivity index (χ4n) is 1.28. The molecule has 0 radical (unpaired) electrons. The van der Waals surface area contributed by atoms with Crippen LogP contribution in [0.1, 0.15) is 22.4 Å². The summed E-state index contributed by atoms with van der Waals surface area (Å²) >= 11 is 1.49. The Morgan fingerprint density at radius 3 is 2.57 bits per heavy atom. The first-order valence-corrected chi connectivity index (χ1v) is 5.30. The number of aliphatic hydroxyl groups is 1. The maximum absolute atomic E-state index is 9.95. The fourth-order valence-corrected chi connectivity index (χ4v) is 2.08. The molecule has 0 unspecified atom stereocenters. The van der Waals surface area contributed by atoms with Crippen molar-refractivity contribution < 1.29 is 5.11 Å². The SMILES string of the molecule is Cc1csc([C@H](O)c2ccccc2)n1. The lowest BCUT2D eigenvalue weighted by Gasteiger charge is -2.06. The van der Waals surface area contributed by atoms with E-state index in [4.69, 9.17) is 0 Å². The van der Waals surface area contributed by atoms with Crippen LogP contribution in [0.4, 0.5) is 0 Å². The molecule has 1 atom stereocenters. The second kappa shape index (κ2) is 3.90. The van der Waals surface area contributed by atoms with Crippen molar-refractivity contribution in [3.8, 4) is 0 Å². The summed E-state index contributed by atoms with van der Waals surface area (Å²) in [4.78, 5) is 4.26. The molecule has 1 aromatic heterocycles. The predicted octanol–water partition coefficient (Wildman–Crippen LogP) is 2.53. The molecule has 0 saturated heterocycles. The van der Waals surface area contributed by atoms with Gasteiger partial charge in [-0.25, -0.2) is 4.98 Å². The molecule has 1 heterocycles. The zero-order chi connectivity index (χ0) is 9.97. The number of aromatic nitrogens is 1. The van der Waals surface area contributed by atoms with E-state index in [1.54, 1.807) is 0 Å². The standard InChI is InChI=1S/C11H11NOS/c1-8-7-14-11(12-8)10(13)9-5-3-2-4-6-9/h2-7,10,13H,1H3/t10-/m1/s1. The highest BCUT2D eigenvalue weighted by molar-refractivity contribution is 7.09. The molecule has 0 saturated carbocycles. The Morgan fingerprint density at radius 2 is 2.00 bits per heavy atom. The molecule has 2 rings (SSSR count). The van der Waals surface area contributed by atoms with E-state index in [1.165, 1.54) is 11.3 Å². The van der Waals surface area contributed by atoms with Gasteiger partial charge in [0.15, 0.2) is 0 Å². The molecule has 0 amide bonds. The van der Waals surface area contributed by atoms with E-state index in [2.05, 4.69) is 4.98 Å². The molecule has 0 aliphatic heterocycles. The van der Waals surface area contributed by atoms with Gasteiger partial charge in [-0.05, 0) is 12.5 Å². The topological polar surface area (TPSA) is 33.1 Å². The average molecular weight is 205 g/mol. The van der Waals surface area contributed by atoms with E-state index in [0.29, 0.717) is 0 Å². The van der Waals surface area contributed by atoms with Gasteiger partial charge in [-0.2, -0.15) is 0 Å².